The van der Waals surface area contributed by atoms with Crippen molar-refractivity contribution in [2.75, 3.05) is 27.7 Å². The van der Waals surface area contributed by atoms with Gasteiger partial charge in [0.05, 0.1) is 19.2 Å². The predicted molar refractivity (Wildman–Crippen MR) is 117 cm³/mol. The Morgan fingerprint density at radius 1 is 1.13 bits per heavy atom. The first-order chi connectivity index (χ1) is 14.8. The van der Waals surface area contributed by atoms with E-state index in [4.69, 9.17) is 9.47 Å². The van der Waals surface area contributed by atoms with E-state index in [9.17, 15) is 14.4 Å². The van der Waals surface area contributed by atoms with Crippen LogP contribution >= 0.6 is 0 Å². The summed E-state index contributed by atoms with van der Waals surface area (Å²) in [6, 6.07) is 11.3. The lowest BCUT2D eigenvalue weighted by Gasteiger charge is -2.15. The van der Waals surface area contributed by atoms with Gasteiger partial charge in [-0.3, -0.25) is 9.59 Å². The van der Waals surface area contributed by atoms with Gasteiger partial charge in [-0.05, 0) is 35.7 Å². The number of carbonyl (C=O) groups excluding carboxylic acids is 3. The van der Waals surface area contributed by atoms with Crippen molar-refractivity contribution in [3.05, 3.63) is 53.1 Å². The molecule has 0 fully saturated rings. The number of hydrogen-bond acceptors (Lipinski definition) is 5. The number of ether oxygens (including phenoxy) is 2. The molecule has 2 amide bonds. The van der Waals surface area contributed by atoms with E-state index >= 15 is 0 Å². The van der Waals surface area contributed by atoms with Crippen LogP contribution in [0.15, 0.2) is 36.4 Å². The third-order valence-corrected chi connectivity index (χ3v) is 5.26. The zero-order valence-corrected chi connectivity index (χ0v) is 18.4. The molecule has 0 aromatic heterocycles. The number of nitrogens with one attached hydrogen (secondary N) is 1. The van der Waals surface area contributed by atoms with Crippen LogP contribution < -0.4 is 10.1 Å². The van der Waals surface area contributed by atoms with Gasteiger partial charge in [-0.1, -0.05) is 24.3 Å². The molecule has 0 saturated heterocycles. The van der Waals surface area contributed by atoms with Crippen molar-refractivity contribution in [3.63, 3.8) is 0 Å². The lowest BCUT2D eigenvalue weighted by Crippen LogP contribution is -2.35. The Kier molecular flexibility index (Phi) is 6.95. The summed E-state index contributed by atoms with van der Waals surface area (Å²) < 4.78 is 11.1. The number of rotatable bonds is 7. The first-order valence-corrected chi connectivity index (χ1v) is 10.2. The van der Waals surface area contributed by atoms with Crippen molar-refractivity contribution in [3.8, 4) is 16.9 Å². The number of fused-ring (bicyclic) bond motifs is 1. The zero-order valence-electron chi connectivity index (χ0n) is 18.4. The van der Waals surface area contributed by atoms with E-state index in [2.05, 4.69) is 11.4 Å². The van der Waals surface area contributed by atoms with Crippen LogP contribution in [0.1, 0.15) is 34.3 Å². The monoisotopic (exact) mass is 424 g/mol. The highest BCUT2D eigenvalue weighted by Gasteiger charge is 2.28. The minimum Gasteiger partial charge on any atom is -0.487 e. The fourth-order valence-corrected chi connectivity index (χ4v) is 3.67. The van der Waals surface area contributed by atoms with Crippen molar-refractivity contribution in [2.45, 2.75) is 32.3 Å². The van der Waals surface area contributed by atoms with Crippen LogP contribution in [0.4, 0.5) is 0 Å². The molecule has 0 radical (unpaired) electrons. The molecule has 2 aromatic rings. The predicted octanol–water partition coefficient (Wildman–Crippen LogP) is 2.74. The summed E-state index contributed by atoms with van der Waals surface area (Å²) in [6.07, 6.45) is 0.766. The van der Waals surface area contributed by atoms with Gasteiger partial charge in [-0.2, -0.15) is 0 Å². The number of aryl methyl sites for hydroxylation is 1. The summed E-state index contributed by atoms with van der Waals surface area (Å²) in [6.45, 7) is 2.35. The number of benzene rings is 2. The number of hydrogen-bond donors (Lipinski definition) is 1. The molecule has 1 unspecified atom stereocenters. The summed E-state index contributed by atoms with van der Waals surface area (Å²) in [5.74, 6) is 0.0650. The van der Waals surface area contributed by atoms with Crippen LogP contribution in [0.3, 0.4) is 0 Å². The first kappa shape index (κ1) is 22.3. The second-order valence-electron chi connectivity index (χ2n) is 7.87. The third kappa shape index (κ3) is 5.23. The van der Waals surface area contributed by atoms with E-state index < -0.39 is 5.97 Å². The molecular weight excluding hydrogens is 396 g/mol. The zero-order chi connectivity index (χ0) is 22.5. The standard InChI is InChI=1S/C24H28N2O5/c1-15-11-16-13-17(14-25-21(27)9-10-22(28)26(2)3)31-23(16)20(12-15)18-7-5-6-8-19(18)24(29)30-4/h5-8,11-12,17H,9-10,13-14H2,1-4H3,(H,25,27). The summed E-state index contributed by atoms with van der Waals surface area (Å²) in [5, 5.41) is 2.86. The summed E-state index contributed by atoms with van der Waals surface area (Å²) >= 11 is 0. The van der Waals surface area contributed by atoms with Crippen LogP contribution in [0, 0.1) is 6.92 Å². The van der Waals surface area contributed by atoms with Gasteiger partial charge < -0.3 is 19.7 Å². The Morgan fingerprint density at radius 3 is 2.58 bits per heavy atom. The Morgan fingerprint density at radius 2 is 1.87 bits per heavy atom. The number of carbonyl (C=O) groups is 3. The topological polar surface area (TPSA) is 84.9 Å². The molecular formula is C24H28N2O5. The maximum Gasteiger partial charge on any atom is 0.338 e. The van der Waals surface area contributed by atoms with Gasteiger partial charge in [0, 0.05) is 38.9 Å². The molecule has 7 nitrogen and oxygen atoms in total. The molecule has 0 aliphatic carbocycles. The summed E-state index contributed by atoms with van der Waals surface area (Å²) in [4.78, 5) is 37.5. The average Bonchev–Trinajstić information content (AvgIpc) is 3.17. The minimum atomic E-state index is -0.403. The van der Waals surface area contributed by atoms with E-state index in [1.54, 1.807) is 26.2 Å². The van der Waals surface area contributed by atoms with Gasteiger partial charge >= 0.3 is 5.97 Å². The number of nitrogens with zero attached hydrogens (tertiary/aromatic N) is 1. The molecule has 1 atom stereocenters. The van der Waals surface area contributed by atoms with Crippen LogP contribution in [-0.4, -0.2) is 56.5 Å². The Labute approximate surface area is 182 Å². The van der Waals surface area contributed by atoms with Crippen molar-refractivity contribution in [1.29, 1.82) is 0 Å². The molecule has 7 heteroatoms. The van der Waals surface area contributed by atoms with Crippen molar-refractivity contribution in [1.82, 2.24) is 10.2 Å². The highest BCUT2D eigenvalue weighted by Crippen LogP contribution is 2.41. The minimum absolute atomic E-state index is 0.0796. The lowest BCUT2D eigenvalue weighted by atomic mass is 9.94. The maximum atomic E-state index is 12.2. The van der Waals surface area contributed by atoms with Gasteiger partial charge in [-0.25, -0.2) is 4.79 Å². The fraction of sp³-hybridized carbons (Fsp3) is 0.375. The largest absolute Gasteiger partial charge is 0.487 e. The molecule has 0 spiro atoms. The molecule has 0 bridgehead atoms. The maximum absolute atomic E-state index is 12.2. The fourth-order valence-electron chi connectivity index (χ4n) is 3.67. The summed E-state index contributed by atoms with van der Waals surface area (Å²) in [7, 11) is 4.70. The van der Waals surface area contributed by atoms with E-state index in [0.29, 0.717) is 18.5 Å². The second-order valence-corrected chi connectivity index (χ2v) is 7.87. The van der Waals surface area contributed by atoms with Gasteiger partial charge in [0.15, 0.2) is 0 Å². The Bertz CT molecular complexity index is 999. The van der Waals surface area contributed by atoms with Crippen LogP contribution in [0.2, 0.25) is 0 Å². The molecule has 2 aromatic carbocycles. The molecule has 1 heterocycles. The quantitative estimate of drug-likeness (QED) is 0.691. The molecule has 3 rings (SSSR count). The molecule has 0 saturated carbocycles. The first-order valence-electron chi connectivity index (χ1n) is 10.2. The third-order valence-electron chi connectivity index (χ3n) is 5.26. The van der Waals surface area contributed by atoms with Crippen molar-refractivity contribution in [2.24, 2.45) is 0 Å². The highest BCUT2D eigenvalue weighted by molar-refractivity contribution is 5.98. The van der Waals surface area contributed by atoms with Crippen LogP contribution in [0.5, 0.6) is 5.75 Å². The van der Waals surface area contributed by atoms with Gasteiger partial charge in [0.2, 0.25) is 11.8 Å². The normalized spacial score (nSPS) is 14.4. The lowest BCUT2D eigenvalue weighted by molar-refractivity contribution is -0.131. The van der Waals surface area contributed by atoms with Crippen LogP contribution in [0.25, 0.3) is 11.1 Å². The average molecular weight is 424 g/mol. The van der Waals surface area contributed by atoms with E-state index in [0.717, 1.165) is 28.0 Å². The van der Waals surface area contributed by atoms with E-state index in [1.165, 1.54) is 12.0 Å². The molecule has 1 aliphatic heterocycles. The molecule has 1 N–H and O–H groups in total. The van der Waals surface area contributed by atoms with Crippen molar-refractivity contribution >= 4 is 17.8 Å². The Balaban J connectivity index is 1.73. The van der Waals surface area contributed by atoms with E-state index in [-0.39, 0.29) is 30.8 Å². The van der Waals surface area contributed by atoms with Gasteiger partial charge in [0.25, 0.3) is 0 Å². The number of esters is 1. The highest BCUT2D eigenvalue weighted by atomic mass is 16.5. The smallest absolute Gasteiger partial charge is 0.338 e. The molecule has 31 heavy (non-hydrogen) atoms. The second kappa shape index (κ2) is 9.64. The Hall–Kier alpha value is -3.35. The van der Waals surface area contributed by atoms with Crippen molar-refractivity contribution < 1.29 is 23.9 Å². The van der Waals surface area contributed by atoms with Gasteiger partial charge in [-0.15, -0.1) is 0 Å². The SMILES string of the molecule is COC(=O)c1ccccc1-c1cc(C)cc2c1OC(CNC(=O)CCC(=O)N(C)C)C2. The number of methoxy groups -OCH3 is 1. The summed E-state index contributed by atoms with van der Waals surface area (Å²) in [5.41, 5.74) is 4.16. The van der Waals surface area contributed by atoms with E-state index in [1.807, 2.05) is 25.1 Å². The molecule has 164 valence electrons. The van der Waals surface area contributed by atoms with Crippen LogP contribution in [-0.2, 0) is 20.7 Å². The molecule has 1 aliphatic rings. The number of amides is 2. The van der Waals surface area contributed by atoms with Gasteiger partial charge in [0.1, 0.15) is 11.9 Å².